The zero-order valence-corrected chi connectivity index (χ0v) is 14.3. The van der Waals surface area contributed by atoms with Crippen LogP contribution in [0.25, 0.3) is 0 Å². The van der Waals surface area contributed by atoms with Gasteiger partial charge in [-0.05, 0) is 5.92 Å². The predicted octanol–water partition coefficient (Wildman–Crippen LogP) is 5.75. The molecule has 0 atom stereocenters. The van der Waals surface area contributed by atoms with Crippen molar-refractivity contribution < 1.29 is 32.7 Å². The molecule has 0 aliphatic rings. The van der Waals surface area contributed by atoms with Crippen molar-refractivity contribution >= 4 is 0 Å². The van der Waals surface area contributed by atoms with Gasteiger partial charge in [0.2, 0.25) is 0 Å². The molecule has 1 heteroatoms. The Morgan fingerprint density at radius 2 is 1.25 bits per heavy atom. The molecule has 16 heavy (non-hydrogen) atoms. The molecule has 0 heterocycles. The van der Waals surface area contributed by atoms with Crippen LogP contribution in [0.15, 0.2) is 24.3 Å². The Morgan fingerprint density at radius 1 is 0.938 bits per heavy atom. The molecule has 0 amide bonds. The quantitative estimate of drug-likeness (QED) is 0.579. The Kier molecular flexibility index (Phi) is 45.8. The van der Waals surface area contributed by atoms with E-state index in [-0.39, 0.29) is 47.6 Å². The fourth-order valence-electron chi connectivity index (χ4n) is 0.785. The van der Waals surface area contributed by atoms with Crippen LogP contribution in [-0.4, -0.2) is 0 Å². The molecule has 0 spiro atoms. The zero-order chi connectivity index (χ0) is 10.7. The molecule has 1 rings (SSSR count). The monoisotopic (exact) mass is 299 g/mol. The standard InChI is InChI=1S/C9H11.2C2H6.CH4.CH3.Y/c1-8(2)9-6-4-3-5-7-9;2*1-2;;;/h4-8H,1-2H3;2*1-2H3;1H4;1H3;/q-1;;;;-1;. The number of rotatable bonds is 1. The molecular formula is C15H30Y-2. The first kappa shape index (κ1) is 29.9. The molecule has 0 unspecified atom stereocenters. The van der Waals surface area contributed by atoms with Crippen molar-refractivity contribution in [3.63, 3.8) is 0 Å². The zero-order valence-electron chi connectivity index (χ0n) is 11.5. The summed E-state index contributed by atoms with van der Waals surface area (Å²) in [5, 5.41) is 0. The number of hydrogen-bond acceptors (Lipinski definition) is 0. The van der Waals surface area contributed by atoms with Gasteiger partial charge >= 0.3 is 0 Å². The summed E-state index contributed by atoms with van der Waals surface area (Å²) < 4.78 is 0. The molecule has 95 valence electrons. The molecule has 0 fully saturated rings. The molecule has 1 radical (unpaired) electrons. The van der Waals surface area contributed by atoms with Crippen molar-refractivity contribution in [2.45, 2.75) is 54.9 Å². The fourth-order valence-corrected chi connectivity index (χ4v) is 0.785. The van der Waals surface area contributed by atoms with Crippen LogP contribution in [-0.2, 0) is 32.7 Å². The molecule has 0 saturated carbocycles. The van der Waals surface area contributed by atoms with Crippen LogP contribution in [0, 0.1) is 13.5 Å². The minimum Gasteiger partial charge on any atom is -0.358 e. The van der Waals surface area contributed by atoms with Gasteiger partial charge in [0.05, 0.1) is 0 Å². The maximum Gasteiger partial charge on any atom is 0 e. The van der Waals surface area contributed by atoms with Gasteiger partial charge in [0.25, 0.3) is 0 Å². The van der Waals surface area contributed by atoms with Crippen LogP contribution in [0.1, 0.15) is 60.5 Å². The van der Waals surface area contributed by atoms with Crippen LogP contribution >= 0.6 is 0 Å². The second kappa shape index (κ2) is 24.5. The summed E-state index contributed by atoms with van der Waals surface area (Å²) >= 11 is 0. The minimum atomic E-state index is 0. The molecule has 0 aliphatic carbocycles. The molecule has 0 nitrogen and oxygen atoms in total. The van der Waals surface area contributed by atoms with Gasteiger partial charge in [0, 0.05) is 32.7 Å². The Hall–Kier alpha value is 0.324. The molecule has 0 aromatic heterocycles. The Labute approximate surface area is 130 Å². The van der Waals surface area contributed by atoms with E-state index >= 15 is 0 Å². The first-order valence-corrected chi connectivity index (χ1v) is 5.26. The van der Waals surface area contributed by atoms with Gasteiger partial charge in [-0.1, -0.05) is 49.0 Å². The fraction of sp³-hybridized carbons (Fsp3) is 0.533. The first-order valence-electron chi connectivity index (χ1n) is 5.26. The maximum absolute atomic E-state index is 2.99. The summed E-state index contributed by atoms with van der Waals surface area (Å²) in [6, 6.07) is 11.1. The SMILES string of the molecule is C.CC.CC.CC(C)c1cc[c-]cc1.[CH3-].[Y]. The van der Waals surface area contributed by atoms with Crippen molar-refractivity contribution in [3.05, 3.63) is 43.3 Å². The molecule has 0 aliphatic heterocycles. The summed E-state index contributed by atoms with van der Waals surface area (Å²) in [4.78, 5) is 0. The number of benzene rings is 1. The summed E-state index contributed by atoms with van der Waals surface area (Å²) in [6.07, 6.45) is 0. The third-order valence-electron chi connectivity index (χ3n) is 1.41. The Balaban J connectivity index is -0.0000000524. The number of hydrogen-bond donors (Lipinski definition) is 0. The molecule has 1 aromatic rings. The second-order valence-corrected chi connectivity index (χ2v) is 2.49. The van der Waals surface area contributed by atoms with Crippen molar-refractivity contribution in [1.29, 1.82) is 0 Å². The predicted molar refractivity (Wildman–Crippen MR) is 75.2 cm³/mol. The molecule has 0 bridgehead atoms. The van der Waals surface area contributed by atoms with Crippen LogP contribution in [0.2, 0.25) is 0 Å². The first-order chi connectivity index (χ1) is 6.30. The van der Waals surface area contributed by atoms with Crippen LogP contribution in [0.4, 0.5) is 0 Å². The van der Waals surface area contributed by atoms with Gasteiger partial charge in [-0.15, -0.1) is 0 Å². The van der Waals surface area contributed by atoms with Crippen LogP contribution < -0.4 is 0 Å². The van der Waals surface area contributed by atoms with E-state index in [1.165, 1.54) is 5.56 Å². The van der Waals surface area contributed by atoms with Crippen molar-refractivity contribution in [2.24, 2.45) is 0 Å². The van der Waals surface area contributed by atoms with E-state index in [9.17, 15) is 0 Å². The largest absolute Gasteiger partial charge is 0.358 e. The molecule has 1 aromatic carbocycles. The van der Waals surface area contributed by atoms with Crippen LogP contribution in [0.5, 0.6) is 0 Å². The van der Waals surface area contributed by atoms with E-state index in [0.717, 1.165) is 0 Å². The van der Waals surface area contributed by atoms with E-state index in [1.807, 2.05) is 39.8 Å². The van der Waals surface area contributed by atoms with Gasteiger partial charge in [0.15, 0.2) is 0 Å². The molecule has 0 saturated heterocycles. The van der Waals surface area contributed by atoms with Gasteiger partial charge in [-0.2, -0.15) is 35.9 Å². The Morgan fingerprint density at radius 3 is 1.44 bits per heavy atom. The van der Waals surface area contributed by atoms with E-state index in [0.29, 0.717) is 5.92 Å². The minimum absolute atomic E-state index is 0. The van der Waals surface area contributed by atoms with E-state index in [2.05, 4.69) is 32.0 Å². The molecular weight excluding hydrogens is 269 g/mol. The Bertz CT molecular complexity index is 168. The summed E-state index contributed by atoms with van der Waals surface area (Å²) in [6.45, 7) is 12.4. The van der Waals surface area contributed by atoms with Gasteiger partial charge < -0.3 is 7.43 Å². The van der Waals surface area contributed by atoms with Crippen LogP contribution in [0.3, 0.4) is 0 Å². The van der Waals surface area contributed by atoms with Crippen molar-refractivity contribution in [3.8, 4) is 0 Å². The van der Waals surface area contributed by atoms with Gasteiger partial charge in [-0.3, -0.25) is 0 Å². The summed E-state index contributed by atoms with van der Waals surface area (Å²) in [5.74, 6) is 0.639. The van der Waals surface area contributed by atoms with Gasteiger partial charge in [0.1, 0.15) is 0 Å². The third kappa shape index (κ3) is 16.7. The smallest absolute Gasteiger partial charge is 0 e. The third-order valence-corrected chi connectivity index (χ3v) is 1.41. The average molecular weight is 299 g/mol. The van der Waals surface area contributed by atoms with Gasteiger partial charge in [-0.25, -0.2) is 0 Å². The second-order valence-electron chi connectivity index (χ2n) is 2.49. The van der Waals surface area contributed by atoms with Crippen molar-refractivity contribution in [1.82, 2.24) is 0 Å². The summed E-state index contributed by atoms with van der Waals surface area (Å²) in [5.41, 5.74) is 1.38. The maximum atomic E-state index is 2.99. The molecule has 0 N–H and O–H groups in total. The normalized spacial score (nSPS) is 6.44. The van der Waals surface area contributed by atoms with E-state index in [4.69, 9.17) is 0 Å². The average Bonchev–Trinajstić information content (AvgIpc) is 2.25. The van der Waals surface area contributed by atoms with Crippen molar-refractivity contribution in [2.75, 3.05) is 0 Å². The summed E-state index contributed by atoms with van der Waals surface area (Å²) in [7, 11) is 0. The van der Waals surface area contributed by atoms with E-state index < -0.39 is 0 Å². The topological polar surface area (TPSA) is 0 Å². The van der Waals surface area contributed by atoms with E-state index in [1.54, 1.807) is 0 Å².